The first-order valence-electron chi connectivity index (χ1n) is 9.20. The van der Waals surface area contributed by atoms with Crippen LogP contribution >= 0.6 is 11.8 Å². The predicted molar refractivity (Wildman–Crippen MR) is 109 cm³/mol. The summed E-state index contributed by atoms with van der Waals surface area (Å²) in [7, 11) is 0. The number of aryl methyl sites for hydroxylation is 2. The Morgan fingerprint density at radius 3 is 2.37 bits per heavy atom. The summed E-state index contributed by atoms with van der Waals surface area (Å²) in [5.74, 6) is 0.869. The lowest BCUT2D eigenvalue weighted by Gasteiger charge is -2.18. The van der Waals surface area contributed by atoms with E-state index in [-0.39, 0.29) is 11.0 Å². The van der Waals surface area contributed by atoms with E-state index >= 15 is 0 Å². The Hall–Kier alpha value is -2.47. The topological polar surface area (TPSA) is 60.7 Å². The molecule has 0 saturated heterocycles. The summed E-state index contributed by atoms with van der Waals surface area (Å²) in [5, 5.41) is 9.45. The van der Waals surface area contributed by atoms with Crippen LogP contribution in [0.2, 0.25) is 0 Å². The van der Waals surface area contributed by atoms with Crippen LogP contribution in [-0.2, 0) is 17.6 Å². The third-order valence-corrected chi connectivity index (χ3v) is 5.76. The number of nitrogens with zero attached hydrogens (tertiary/aromatic N) is 4. The number of Topliss-reactive ketones (excluding diaryl/α,β-unsaturated/α-hetero) is 1. The standard InChI is InChI=1S/C21H24N4OS/c1-5-16-9-7-10-17(6-2)19(16)25-20(18-11-8-12-22-13-18)23-24-21(25)27-15(4)14(3)26/h7-13,15H,5-6H2,1-4H3. The molecule has 5 nitrogen and oxygen atoms in total. The molecular weight excluding hydrogens is 356 g/mol. The molecule has 0 aliphatic carbocycles. The number of aromatic nitrogens is 4. The zero-order valence-electron chi connectivity index (χ0n) is 16.1. The van der Waals surface area contributed by atoms with E-state index < -0.39 is 0 Å². The van der Waals surface area contributed by atoms with Crippen molar-refractivity contribution in [3.63, 3.8) is 0 Å². The number of hydrogen-bond acceptors (Lipinski definition) is 5. The molecule has 27 heavy (non-hydrogen) atoms. The molecule has 1 aromatic carbocycles. The molecular formula is C21H24N4OS. The van der Waals surface area contributed by atoms with Gasteiger partial charge in [0.2, 0.25) is 0 Å². The number of rotatable bonds is 7. The lowest BCUT2D eigenvalue weighted by atomic mass is 10.0. The normalized spacial score (nSPS) is 12.1. The average molecular weight is 381 g/mol. The first kappa shape index (κ1) is 19.3. The van der Waals surface area contributed by atoms with E-state index in [9.17, 15) is 4.79 Å². The zero-order chi connectivity index (χ0) is 19.4. The van der Waals surface area contributed by atoms with Gasteiger partial charge in [-0.15, -0.1) is 10.2 Å². The van der Waals surface area contributed by atoms with Gasteiger partial charge in [0.1, 0.15) is 5.78 Å². The summed E-state index contributed by atoms with van der Waals surface area (Å²) in [4.78, 5) is 16.1. The Morgan fingerprint density at radius 2 is 1.81 bits per heavy atom. The summed E-state index contributed by atoms with van der Waals surface area (Å²) in [6.07, 6.45) is 5.35. The Bertz CT molecular complexity index is 914. The molecule has 2 aromatic heterocycles. The van der Waals surface area contributed by atoms with Crippen LogP contribution < -0.4 is 0 Å². The number of pyridine rings is 1. The molecule has 0 radical (unpaired) electrons. The highest BCUT2D eigenvalue weighted by Gasteiger charge is 2.23. The van der Waals surface area contributed by atoms with Crippen molar-refractivity contribution in [2.75, 3.05) is 0 Å². The van der Waals surface area contributed by atoms with Crippen LogP contribution in [0.4, 0.5) is 0 Å². The SMILES string of the molecule is CCc1cccc(CC)c1-n1c(SC(C)C(C)=O)nnc1-c1cccnc1. The van der Waals surface area contributed by atoms with Crippen molar-refractivity contribution in [2.24, 2.45) is 0 Å². The molecule has 0 saturated carbocycles. The van der Waals surface area contributed by atoms with Gasteiger partial charge in [-0.3, -0.25) is 14.3 Å². The van der Waals surface area contributed by atoms with E-state index in [1.165, 1.54) is 22.9 Å². The van der Waals surface area contributed by atoms with E-state index in [1.54, 1.807) is 19.3 Å². The molecule has 1 atom stereocenters. The van der Waals surface area contributed by atoms with Gasteiger partial charge in [-0.1, -0.05) is 43.8 Å². The molecule has 0 aliphatic heterocycles. The highest BCUT2D eigenvalue weighted by atomic mass is 32.2. The summed E-state index contributed by atoms with van der Waals surface area (Å²) in [5.41, 5.74) is 4.48. The van der Waals surface area contributed by atoms with Gasteiger partial charge in [0.05, 0.1) is 10.9 Å². The summed E-state index contributed by atoms with van der Waals surface area (Å²) in [6.45, 7) is 7.81. The van der Waals surface area contributed by atoms with Gasteiger partial charge in [-0.05, 0) is 49.9 Å². The van der Waals surface area contributed by atoms with Crippen LogP contribution in [0.3, 0.4) is 0 Å². The molecule has 3 aromatic rings. The number of ketones is 1. The first-order valence-corrected chi connectivity index (χ1v) is 10.1. The van der Waals surface area contributed by atoms with Crippen molar-refractivity contribution in [2.45, 2.75) is 50.9 Å². The maximum Gasteiger partial charge on any atom is 0.196 e. The largest absolute Gasteiger partial charge is 0.299 e. The molecule has 2 heterocycles. The minimum atomic E-state index is -0.187. The smallest absolute Gasteiger partial charge is 0.196 e. The second-order valence-corrected chi connectivity index (χ2v) is 7.69. The molecule has 6 heteroatoms. The Balaban J connectivity index is 2.26. The molecule has 1 unspecified atom stereocenters. The number of carbonyl (C=O) groups excluding carboxylic acids is 1. The van der Waals surface area contributed by atoms with Gasteiger partial charge in [-0.2, -0.15) is 0 Å². The maximum atomic E-state index is 11.8. The predicted octanol–water partition coefficient (Wildman–Crippen LogP) is 4.52. The number of carbonyl (C=O) groups is 1. The van der Waals surface area contributed by atoms with Crippen molar-refractivity contribution in [3.05, 3.63) is 53.9 Å². The van der Waals surface area contributed by atoms with Gasteiger partial charge < -0.3 is 0 Å². The Morgan fingerprint density at radius 1 is 1.11 bits per heavy atom. The number of thioether (sulfide) groups is 1. The first-order chi connectivity index (χ1) is 13.1. The third kappa shape index (κ3) is 3.95. The van der Waals surface area contributed by atoms with Gasteiger partial charge >= 0.3 is 0 Å². The molecule has 0 aliphatic rings. The molecule has 0 N–H and O–H groups in total. The zero-order valence-corrected chi connectivity index (χ0v) is 17.0. The Kier molecular flexibility index (Phi) is 6.06. The number of para-hydroxylation sites is 1. The summed E-state index contributed by atoms with van der Waals surface area (Å²) >= 11 is 1.45. The minimum Gasteiger partial charge on any atom is -0.299 e. The van der Waals surface area contributed by atoms with Crippen LogP contribution in [0.25, 0.3) is 17.1 Å². The molecule has 140 valence electrons. The van der Waals surface area contributed by atoms with Crippen LogP contribution in [0.1, 0.15) is 38.8 Å². The van der Waals surface area contributed by atoms with Crippen molar-refractivity contribution in [1.82, 2.24) is 19.7 Å². The quantitative estimate of drug-likeness (QED) is 0.564. The lowest BCUT2D eigenvalue weighted by Crippen LogP contribution is -2.12. The molecule has 0 fully saturated rings. The average Bonchev–Trinajstić information content (AvgIpc) is 3.10. The van der Waals surface area contributed by atoms with E-state index in [1.807, 2.05) is 19.1 Å². The van der Waals surface area contributed by atoms with Gasteiger partial charge in [0.25, 0.3) is 0 Å². The van der Waals surface area contributed by atoms with Gasteiger partial charge in [0, 0.05) is 18.0 Å². The van der Waals surface area contributed by atoms with Crippen LogP contribution in [0, 0.1) is 0 Å². The van der Waals surface area contributed by atoms with Crippen molar-refractivity contribution < 1.29 is 4.79 Å². The fraction of sp³-hybridized carbons (Fsp3) is 0.333. The molecule has 0 amide bonds. The minimum absolute atomic E-state index is 0.122. The second kappa shape index (κ2) is 8.48. The highest BCUT2D eigenvalue weighted by Crippen LogP contribution is 2.33. The fourth-order valence-corrected chi connectivity index (χ4v) is 3.83. The highest BCUT2D eigenvalue weighted by molar-refractivity contribution is 8.00. The summed E-state index contributed by atoms with van der Waals surface area (Å²) < 4.78 is 2.10. The van der Waals surface area contributed by atoms with Gasteiger partial charge in [0.15, 0.2) is 11.0 Å². The number of benzene rings is 1. The van der Waals surface area contributed by atoms with Gasteiger partial charge in [-0.25, -0.2) is 0 Å². The fourth-order valence-electron chi connectivity index (χ4n) is 2.97. The van der Waals surface area contributed by atoms with Crippen molar-refractivity contribution in [3.8, 4) is 17.1 Å². The van der Waals surface area contributed by atoms with E-state index in [0.717, 1.165) is 35.1 Å². The lowest BCUT2D eigenvalue weighted by molar-refractivity contribution is -0.116. The molecule has 0 bridgehead atoms. The second-order valence-electron chi connectivity index (χ2n) is 6.39. The van der Waals surface area contributed by atoms with Crippen molar-refractivity contribution in [1.29, 1.82) is 0 Å². The van der Waals surface area contributed by atoms with E-state index in [2.05, 4.69) is 51.8 Å². The summed E-state index contributed by atoms with van der Waals surface area (Å²) in [6, 6.07) is 10.3. The van der Waals surface area contributed by atoms with E-state index in [0.29, 0.717) is 0 Å². The van der Waals surface area contributed by atoms with Crippen molar-refractivity contribution >= 4 is 17.5 Å². The third-order valence-electron chi connectivity index (χ3n) is 4.60. The molecule has 0 spiro atoms. The van der Waals surface area contributed by atoms with Crippen LogP contribution in [0.5, 0.6) is 0 Å². The maximum absolute atomic E-state index is 11.8. The molecule has 3 rings (SSSR count). The van der Waals surface area contributed by atoms with E-state index in [4.69, 9.17) is 0 Å². The number of hydrogen-bond donors (Lipinski definition) is 0. The monoisotopic (exact) mass is 380 g/mol. The van der Waals surface area contributed by atoms with Crippen LogP contribution in [-0.4, -0.2) is 30.8 Å². The van der Waals surface area contributed by atoms with Crippen LogP contribution in [0.15, 0.2) is 47.9 Å². The Labute approximate surface area is 164 Å².